The average molecular weight is 281 g/mol. The molecule has 21 heavy (non-hydrogen) atoms. The van der Waals surface area contributed by atoms with Crippen LogP contribution in [-0.4, -0.2) is 26.2 Å². The van der Waals surface area contributed by atoms with Gasteiger partial charge in [-0.3, -0.25) is 0 Å². The minimum absolute atomic E-state index is 0.0624. The van der Waals surface area contributed by atoms with Crippen LogP contribution in [0.1, 0.15) is 5.56 Å². The van der Waals surface area contributed by atoms with E-state index in [4.69, 9.17) is 15.3 Å². The zero-order valence-electron chi connectivity index (χ0n) is 11.7. The SMILES string of the molecule is C=CC(=O)OCCN(C)c1ccc(C=C(C#N)C#N)cc1. The van der Waals surface area contributed by atoms with E-state index in [0.717, 1.165) is 17.3 Å². The lowest BCUT2D eigenvalue weighted by Gasteiger charge is -2.19. The molecule has 0 saturated heterocycles. The van der Waals surface area contributed by atoms with Crippen molar-refractivity contribution in [3.63, 3.8) is 0 Å². The van der Waals surface area contributed by atoms with Gasteiger partial charge >= 0.3 is 5.97 Å². The van der Waals surface area contributed by atoms with Crippen molar-refractivity contribution in [3.05, 3.63) is 48.1 Å². The Kier molecular flexibility index (Phi) is 6.24. The van der Waals surface area contributed by atoms with E-state index in [1.807, 2.05) is 48.4 Å². The summed E-state index contributed by atoms with van der Waals surface area (Å²) in [6, 6.07) is 11.0. The van der Waals surface area contributed by atoms with Crippen LogP contribution in [0.4, 0.5) is 5.69 Å². The molecule has 0 spiro atoms. The number of ether oxygens (including phenoxy) is 1. The van der Waals surface area contributed by atoms with Gasteiger partial charge in [-0.05, 0) is 23.8 Å². The molecule has 0 radical (unpaired) electrons. The number of likely N-dealkylation sites (N-methyl/N-ethyl adjacent to an activating group) is 1. The zero-order valence-corrected chi connectivity index (χ0v) is 11.7. The Morgan fingerprint density at radius 2 is 1.95 bits per heavy atom. The number of rotatable bonds is 6. The van der Waals surface area contributed by atoms with Gasteiger partial charge in [0.15, 0.2) is 0 Å². The van der Waals surface area contributed by atoms with Crippen molar-refractivity contribution < 1.29 is 9.53 Å². The molecule has 0 amide bonds. The van der Waals surface area contributed by atoms with Gasteiger partial charge in [0.05, 0.1) is 6.54 Å². The van der Waals surface area contributed by atoms with Gasteiger partial charge in [0.25, 0.3) is 0 Å². The first-order chi connectivity index (χ1) is 10.1. The van der Waals surface area contributed by atoms with E-state index in [9.17, 15) is 4.79 Å². The van der Waals surface area contributed by atoms with Crippen LogP contribution < -0.4 is 4.90 Å². The van der Waals surface area contributed by atoms with E-state index in [1.54, 1.807) is 0 Å². The summed E-state index contributed by atoms with van der Waals surface area (Å²) in [5, 5.41) is 17.4. The van der Waals surface area contributed by atoms with Crippen LogP contribution in [-0.2, 0) is 9.53 Å². The summed E-state index contributed by atoms with van der Waals surface area (Å²) in [6.45, 7) is 4.15. The van der Waals surface area contributed by atoms with Crippen LogP contribution >= 0.6 is 0 Å². The summed E-state index contributed by atoms with van der Waals surface area (Å²) in [5.74, 6) is -0.440. The lowest BCUT2D eigenvalue weighted by molar-refractivity contribution is -0.137. The molecule has 1 aromatic carbocycles. The molecule has 0 fully saturated rings. The Hall–Kier alpha value is -3.05. The number of nitrogens with zero attached hydrogens (tertiary/aromatic N) is 3. The van der Waals surface area contributed by atoms with Gasteiger partial charge in [0.1, 0.15) is 24.3 Å². The summed E-state index contributed by atoms with van der Waals surface area (Å²) in [4.78, 5) is 12.8. The Morgan fingerprint density at radius 3 is 2.48 bits per heavy atom. The first-order valence-corrected chi connectivity index (χ1v) is 6.23. The fourth-order valence-corrected chi connectivity index (χ4v) is 1.55. The summed E-state index contributed by atoms with van der Waals surface area (Å²) < 4.78 is 4.91. The highest BCUT2D eigenvalue weighted by atomic mass is 16.5. The molecule has 0 atom stereocenters. The lowest BCUT2D eigenvalue weighted by Crippen LogP contribution is -2.23. The molecule has 0 heterocycles. The summed E-state index contributed by atoms with van der Waals surface area (Å²) in [7, 11) is 1.88. The van der Waals surface area contributed by atoms with Crippen molar-refractivity contribution in [2.75, 3.05) is 25.1 Å². The van der Waals surface area contributed by atoms with Crippen LogP contribution in [0.2, 0.25) is 0 Å². The predicted octanol–water partition coefficient (Wildman–Crippen LogP) is 2.28. The Morgan fingerprint density at radius 1 is 1.33 bits per heavy atom. The first-order valence-electron chi connectivity index (χ1n) is 6.23. The third kappa shape index (κ3) is 5.22. The molecule has 0 bridgehead atoms. The smallest absolute Gasteiger partial charge is 0.330 e. The number of allylic oxidation sites excluding steroid dienone is 1. The standard InChI is InChI=1S/C16H15N3O2/c1-3-16(20)21-9-8-19(2)15-6-4-13(5-7-15)10-14(11-17)12-18/h3-7,10H,1,8-9H2,2H3. The summed E-state index contributed by atoms with van der Waals surface area (Å²) in [6.07, 6.45) is 2.65. The molecule has 0 N–H and O–H groups in total. The Balaban J connectivity index is 2.64. The fraction of sp³-hybridized carbons (Fsp3) is 0.188. The molecule has 5 heteroatoms. The molecular formula is C16H15N3O2. The highest BCUT2D eigenvalue weighted by molar-refractivity contribution is 5.81. The van der Waals surface area contributed by atoms with Gasteiger partial charge in [-0.1, -0.05) is 18.7 Å². The van der Waals surface area contributed by atoms with E-state index in [2.05, 4.69) is 6.58 Å². The van der Waals surface area contributed by atoms with Gasteiger partial charge in [-0.15, -0.1) is 0 Å². The van der Waals surface area contributed by atoms with Crippen molar-refractivity contribution in [2.24, 2.45) is 0 Å². The number of esters is 1. The quantitative estimate of drug-likeness (QED) is 0.454. The number of benzene rings is 1. The van der Waals surface area contributed by atoms with Crippen LogP contribution in [0.15, 0.2) is 42.5 Å². The van der Waals surface area contributed by atoms with Crippen molar-refractivity contribution in [1.29, 1.82) is 10.5 Å². The van der Waals surface area contributed by atoms with Crippen LogP contribution in [0.5, 0.6) is 0 Å². The fourth-order valence-electron chi connectivity index (χ4n) is 1.55. The maximum absolute atomic E-state index is 10.9. The van der Waals surface area contributed by atoms with Crippen LogP contribution in [0.3, 0.4) is 0 Å². The maximum Gasteiger partial charge on any atom is 0.330 e. The highest BCUT2D eigenvalue weighted by Gasteiger charge is 2.02. The van der Waals surface area contributed by atoms with E-state index in [1.165, 1.54) is 6.08 Å². The minimum atomic E-state index is -0.440. The second kappa shape index (κ2) is 8.19. The van der Waals surface area contributed by atoms with Gasteiger partial charge in [0, 0.05) is 18.8 Å². The zero-order chi connectivity index (χ0) is 15.7. The van der Waals surface area contributed by atoms with E-state index >= 15 is 0 Å². The minimum Gasteiger partial charge on any atom is -0.461 e. The molecule has 0 saturated carbocycles. The third-order valence-corrected chi connectivity index (χ3v) is 2.72. The maximum atomic E-state index is 10.9. The number of carbonyl (C=O) groups is 1. The summed E-state index contributed by atoms with van der Waals surface area (Å²) >= 11 is 0. The van der Waals surface area contributed by atoms with Gasteiger partial charge < -0.3 is 9.64 Å². The van der Waals surface area contributed by atoms with Crippen molar-refractivity contribution in [3.8, 4) is 12.1 Å². The largest absolute Gasteiger partial charge is 0.461 e. The number of nitriles is 2. The van der Waals surface area contributed by atoms with Crippen molar-refractivity contribution in [1.82, 2.24) is 0 Å². The lowest BCUT2D eigenvalue weighted by atomic mass is 10.1. The van der Waals surface area contributed by atoms with Crippen LogP contribution in [0.25, 0.3) is 6.08 Å². The molecule has 0 unspecified atom stereocenters. The molecule has 0 aliphatic heterocycles. The molecular weight excluding hydrogens is 266 g/mol. The number of hydrogen-bond acceptors (Lipinski definition) is 5. The molecule has 106 valence electrons. The normalized spacial score (nSPS) is 8.90. The Labute approximate surface area is 124 Å². The van der Waals surface area contributed by atoms with Crippen molar-refractivity contribution in [2.45, 2.75) is 0 Å². The molecule has 1 aromatic rings. The van der Waals surface area contributed by atoms with Crippen molar-refractivity contribution >= 4 is 17.7 Å². The number of anilines is 1. The van der Waals surface area contributed by atoms with E-state index < -0.39 is 5.97 Å². The second-order valence-electron chi connectivity index (χ2n) is 4.17. The molecule has 5 nitrogen and oxygen atoms in total. The predicted molar refractivity (Wildman–Crippen MR) is 80.1 cm³/mol. The van der Waals surface area contributed by atoms with Crippen LogP contribution in [0, 0.1) is 22.7 Å². The topological polar surface area (TPSA) is 77.1 Å². The van der Waals surface area contributed by atoms with E-state index in [0.29, 0.717) is 6.54 Å². The molecule has 0 aliphatic carbocycles. The van der Waals surface area contributed by atoms with Gasteiger partial charge in [-0.25, -0.2) is 4.79 Å². The third-order valence-electron chi connectivity index (χ3n) is 2.72. The molecule has 1 rings (SSSR count). The second-order valence-corrected chi connectivity index (χ2v) is 4.17. The summed E-state index contributed by atoms with van der Waals surface area (Å²) in [5.41, 5.74) is 1.79. The van der Waals surface area contributed by atoms with Gasteiger partial charge in [0.2, 0.25) is 0 Å². The van der Waals surface area contributed by atoms with E-state index in [-0.39, 0.29) is 12.2 Å². The Bertz CT molecular complexity index is 602. The monoisotopic (exact) mass is 281 g/mol. The number of hydrogen-bond donors (Lipinski definition) is 0. The number of carbonyl (C=O) groups excluding carboxylic acids is 1. The van der Waals surface area contributed by atoms with Gasteiger partial charge in [-0.2, -0.15) is 10.5 Å². The average Bonchev–Trinajstić information content (AvgIpc) is 2.52. The first kappa shape index (κ1) is 16.0. The highest BCUT2D eigenvalue weighted by Crippen LogP contribution is 2.15. The molecule has 0 aromatic heterocycles. The molecule has 0 aliphatic rings.